The van der Waals surface area contributed by atoms with Crippen molar-refractivity contribution in [1.82, 2.24) is 19.8 Å². The SMILES string of the molecule is CCS(=O)(=O)N1CCC(c2ccccc2)(c2nc(CC(C)NC)no2)CC1. The van der Waals surface area contributed by atoms with Gasteiger partial charge in [0.2, 0.25) is 15.9 Å². The topological polar surface area (TPSA) is 88.3 Å². The summed E-state index contributed by atoms with van der Waals surface area (Å²) in [5.74, 6) is 1.38. The zero-order valence-corrected chi connectivity index (χ0v) is 17.0. The van der Waals surface area contributed by atoms with Crippen LogP contribution < -0.4 is 5.32 Å². The van der Waals surface area contributed by atoms with E-state index in [1.807, 2.05) is 25.2 Å². The van der Waals surface area contributed by atoms with Gasteiger partial charge in [-0.3, -0.25) is 0 Å². The smallest absolute Gasteiger partial charge is 0.237 e. The number of rotatable bonds is 7. The van der Waals surface area contributed by atoms with Crippen LogP contribution in [0.2, 0.25) is 0 Å². The second-order valence-corrected chi connectivity index (χ2v) is 9.41. The first kappa shape index (κ1) is 20.0. The number of aromatic nitrogens is 2. The highest BCUT2D eigenvalue weighted by Gasteiger charge is 2.44. The molecule has 1 aromatic carbocycles. The molecule has 1 aliphatic rings. The summed E-state index contributed by atoms with van der Waals surface area (Å²) in [5, 5.41) is 7.35. The fraction of sp³-hybridized carbons (Fsp3) is 0.579. The van der Waals surface area contributed by atoms with E-state index in [4.69, 9.17) is 9.51 Å². The van der Waals surface area contributed by atoms with Crippen molar-refractivity contribution >= 4 is 10.0 Å². The van der Waals surface area contributed by atoms with Crippen molar-refractivity contribution in [2.75, 3.05) is 25.9 Å². The highest BCUT2D eigenvalue weighted by Crippen LogP contribution is 2.41. The number of nitrogens with zero attached hydrogens (tertiary/aromatic N) is 3. The van der Waals surface area contributed by atoms with Crippen molar-refractivity contribution in [3.63, 3.8) is 0 Å². The molecule has 1 atom stereocenters. The second-order valence-electron chi connectivity index (χ2n) is 7.16. The summed E-state index contributed by atoms with van der Waals surface area (Å²) in [5.41, 5.74) is 0.644. The van der Waals surface area contributed by atoms with Gasteiger partial charge in [0.05, 0.1) is 11.2 Å². The number of sulfonamides is 1. The van der Waals surface area contributed by atoms with Crippen molar-refractivity contribution in [3.05, 3.63) is 47.6 Å². The second kappa shape index (κ2) is 8.08. The average Bonchev–Trinajstić information content (AvgIpc) is 3.17. The van der Waals surface area contributed by atoms with Crippen LogP contribution in [0.4, 0.5) is 0 Å². The molecular formula is C19H28N4O3S. The Hall–Kier alpha value is -1.77. The van der Waals surface area contributed by atoms with Crippen LogP contribution in [-0.4, -0.2) is 54.8 Å². The molecule has 1 N–H and O–H groups in total. The summed E-state index contributed by atoms with van der Waals surface area (Å²) < 4.78 is 31.8. The molecule has 7 nitrogen and oxygen atoms in total. The Morgan fingerprint density at radius 3 is 2.52 bits per heavy atom. The lowest BCUT2D eigenvalue weighted by Crippen LogP contribution is -2.46. The first-order valence-corrected chi connectivity index (χ1v) is 11.1. The van der Waals surface area contributed by atoms with Crippen LogP contribution >= 0.6 is 0 Å². The number of likely N-dealkylation sites (N-methyl/N-ethyl adjacent to an activating group) is 1. The van der Waals surface area contributed by atoms with E-state index < -0.39 is 15.4 Å². The summed E-state index contributed by atoms with van der Waals surface area (Å²) in [6.45, 7) is 4.66. The largest absolute Gasteiger partial charge is 0.338 e. The molecule has 1 fully saturated rings. The molecule has 0 amide bonds. The Morgan fingerprint density at radius 1 is 1.26 bits per heavy atom. The number of nitrogens with one attached hydrogen (secondary N) is 1. The number of hydrogen-bond donors (Lipinski definition) is 1. The maximum absolute atomic E-state index is 12.3. The molecule has 0 saturated carbocycles. The average molecular weight is 393 g/mol. The van der Waals surface area contributed by atoms with E-state index >= 15 is 0 Å². The normalized spacial score (nSPS) is 19.1. The third kappa shape index (κ3) is 4.07. The van der Waals surface area contributed by atoms with E-state index in [2.05, 4.69) is 29.5 Å². The minimum absolute atomic E-state index is 0.123. The van der Waals surface area contributed by atoms with E-state index in [1.165, 1.54) is 0 Å². The molecule has 0 aliphatic carbocycles. The third-order valence-corrected chi connectivity index (χ3v) is 7.40. The zero-order valence-electron chi connectivity index (χ0n) is 16.2. The van der Waals surface area contributed by atoms with Crippen LogP contribution in [0, 0.1) is 0 Å². The predicted octanol–water partition coefficient (Wildman–Crippen LogP) is 1.95. The molecule has 2 heterocycles. The lowest BCUT2D eigenvalue weighted by Gasteiger charge is -2.39. The lowest BCUT2D eigenvalue weighted by molar-refractivity contribution is 0.214. The van der Waals surface area contributed by atoms with Crippen molar-refractivity contribution in [2.24, 2.45) is 0 Å². The Morgan fingerprint density at radius 2 is 1.93 bits per heavy atom. The zero-order chi connectivity index (χ0) is 19.5. The highest BCUT2D eigenvalue weighted by atomic mass is 32.2. The van der Waals surface area contributed by atoms with E-state index in [0.29, 0.717) is 44.1 Å². The summed E-state index contributed by atoms with van der Waals surface area (Å²) in [6.07, 6.45) is 1.93. The Labute approximate surface area is 161 Å². The van der Waals surface area contributed by atoms with Crippen LogP contribution in [0.3, 0.4) is 0 Å². The monoisotopic (exact) mass is 392 g/mol. The quantitative estimate of drug-likeness (QED) is 0.775. The van der Waals surface area contributed by atoms with Gasteiger partial charge in [-0.15, -0.1) is 0 Å². The van der Waals surface area contributed by atoms with Gasteiger partial charge in [-0.05, 0) is 39.3 Å². The van der Waals surface area contributed by atoms with Gasteiger partial charge < -0.3 is 9.84 Å². The minimum atomic E-state index is -3.19. The van der Waals surface area contributed by atoms with Crippen LogP contribution in [0.15, 0.2) is 34.9 Å². The Balaban J connectivity index is 1.92. The van der Waals surface area contributed by atoms with Gasteiger partial charge in [0.1, 0.15) is 0 Å². The molecule has 0 spiro atoms. The van der Waals surface area contributed by atoms with E-state index in [9.17, 15) is 8.42 Å². The fourth-order valence-electron chi connectivity index (χ4n) is 3.62. The number of piperidine rings is 1. The van der Waals surface area contributed by atoms with Gasteiger partial charge in [-0.25, -0.2) is 12.7 Å². The van der Waals surface area contributed by atoms with E-state index in [-0.39, 0.29) is 11.8 Å². The molecule has 3 rings (SSSR count). The van der Waals surface area contributed by atoms with Crippen molar-refractivity contribution in [1.29, 1.82) is 0 Å². The third-order valence-electron chi connectivity index (χ3n) is 5.52. The maximum atomic E-state index is 12.3. The summed E-state index contributed by atoms with van der Waals surface area (Å²) in [6, 6.07) is 10.3. The van der Waals surface area contributed by atoms with Crippen LogP contribution in [0.25, 0.3) is 0 Å². The molecule has 8 heteroatoms. The first-order chi connectivity index (χ1) is 12.9. The molecule has 27 heavy (non-hydrogen) atoms. The molecule has 148 valence electrons. The Kier molecular flexibility index (Phi) is 5.98. The maximum Gasteiger partial charge on any atom is 0.237 e. The molecule has 0 radical (unpaired) electrons. The van der Waals surface area contributed by atoms with Crippen molar-refractivity contribution < 1.29 is 12.9 Å². The van der Waals surface area contributed by atoms with Gasteiger partial charge in [-0.1, -0.05) is 35.5 Å². The van der Waals surface area contributed by atoms with Crippen molar-refractivity contribution in [2.45, 2.75) is 44.6 Å². The number of benzene rings is 1. The molecule has 1 unspecified atom stereocenters. The lowest BCUT2D eigenvalue weighted by atomic mass is 9.73. The molecule has 1 saturated heterocycles. The summed E-state index contributed by atoms with van der Waals surface area (Å²) in [4.78, 5) is 4.69. The summed E-state index contributed by atoms with van der Waals surface area (Å²) in [7, 11) is -1.29. The Bertz CT molecular complexity index is 843. The molecular weight excluding hydrogens is 364 g/mol. The molecule has 0 bridgehead atoms. The number of hydrogen-bond acceptors (Lipinski definition) is 6. The molecule has 1 aliphatic heterocycles. The minimum Gasteiger partial charge on any atom is -0.338 e. The predicted molar refractivity (Wildman–Crippen MR) is 104 cm³/mol. The van der Waals surface area contributed by atoms with Gasteiger partial charge in [-0.2, -0.15) is 4.98 Å². The van der Waals surface area contributed by atoms with Crippen LogP contribution in [0.1, 0.15) is 44.0 Å². The summed E-state index contributed by atoms with van der Waals surface area (Å²) >= 11 is 0. The van der Waals surface area contributed by atoms with Crippen molar-refractivity contribution in [3.8, 4) is 0 Å². The van der Waals surface area contributed by atoms with Crippen LogP contribution in [0.5, 0.6) is 0 Å². The van der Waals surface area contributed by atoms with E-state index in [1.54, 1.807) is 11.2 Å². The van der Waals surface area contributed by atoms with Gasteiger partial charge in [0.15, 0.2) is 5.82 Å². The van der Waals surface area contributed by atoms with E-state index in [0.717, 1.165) is 5.56 Å². The standard InChI is InChI=1S/C19H28N4O3S/c1-4-27(24,25)23-12-10-19(11-13-23,16-8-6-5-7-9-16)18-21-17(22-26-18)14-15(2)20-3/h5-9,15,20H,4,10-14H2,1-3H3. The van der Waals surface area contributed by atoms with Gasteiger partial charge >= 0.3 is 0 Å². The molecule has 1 aromatic heterocycles. The molecule has 2 aromatic rings. The first-order valence-electron chi connectivity index (χ1n) is 9.45. The van der Waals surface area contributed by atoms with Gasteiger partial charge in [0, 0.05) is 25.6 Å². The van der Waals surface area contributed by atoms with Crippen LogP contribution in [-0.2, 0) is 21.9 Å². The highest BCUT2D eigenvalue weighted by molar-refractivity contribution is 7.89. The fourth-order valence-corrected chi connectivity index (χ4v) is 4.72. The van der Waals surface area contributed by atoms with Gasteiger partial charge in [0.25, 0.3) is 0 Å².